The Morgan fingerprint density at radius 3 is 2.79 bits per heavy atom. The molecule has 0 aromatic carbocycles. The van der Waals surface area contributed by atoms with Gasteiger partial charge in [-0.25, -0.2) is 9.97 Å². The highest BCUT2D eigenvalue weighted by Gasteiger charge is 2.22. The van der Waals surface area contributed by atoms with E-state index in [-0.39, 0.29) is 0 Å². The van der Waals surface area contributed by atoms with Crippen molar-refractivity contribution in [1.82, 2.24) is 9.97 Å². The van der Waals surface area contributed by atoms with Crippen molar-refractivity contribution in [2.75, 3.05) is 6.54 Å². The van der Waals surface area contributed by atoms with E-state index in [0.29, 0.717) is 12.5 Å². The first-order valence-corrected chi connectivity index (χ1v) is 5.82. The zero-order chi connectivity index (χ0) is 9.97. The summed E-state index contributed by atoms with van der Waals surface area (Å²) in [6.07, 6.45) is 4.62. The van der Waals surface area contributed by atoms with E-state index in [0.717, 1.165) is 22.5 Å². The molecule has 0 atom stereocenters. The van der Waals surface area contributed by atoms with Gasteiger partial charge in [-0.1, -0.05) is 6.42 Å². The van der Waals surface area contributed by atoms with E-state index < -0.39 is 0 Å². The third kappa shape index (κ3) is 2.12. The standard InChI is InChI=1S/C10H14BrN3/c11-9-6-8(4-5-12)13-10(14-9)7-2-1-3-7/h6-7H,1-5,12H2. The number of nitrogens with two attached hydrogens (primary N) is 1. The molecule has 0 unspecified atom stereocenters. The monoisotopic (exact) mass is 255 g/mol. The minimum Gasteiger partial charge on any atom is -0.330 e. The van der Waals surface area contributed by atoms with Gasteiger partial charge in [-0.15, -0.1) is 0 Å². The summed E-state index contributed by atoms with van der Waals surface area (Å²) < 4.78 is 0.887. The van der Waals surface area contributed by atoms with Crippen molar-refractivity contribution >= 4 is 15.9 Å². The van der Waals surface area contributed by atoms with Crippen LogP contribution in [-0.2, 0) is 6.42 Å². The maximum absolute atomic E-state index is 5.51. The van der Waals surface area contributed by atoms with E-state index >= 15 is 0 Å². The van der Waals surface area contributed by atoms with E-state index in [1.807, 2.05) is 6.07 Å². The van der Waals surface area contributed by atoms with Gasteiger partial charge >= 0.3 is 0 Å². The van der Waals surface area contributed by atoms with Gasteiger partial charge in [0, 0.05) is 18.0 Å². The summed E-state index contributed by atoms with van der Waals surface area (Å²) in [5, 5.41) is 0. The van der Waals surface area contributed by atoms with Crippen LogP contribution in [0.1, 0.15) is 36.7 Å². The van der Waals surface area contributed by atoms with Gasteiger partial charge in [0.25, 0.3) is 0 Å². The zero-order valence-electron chi connectivity index (χ0n) is 8.04. The Morgan fingerprint density at radius 1 is 1.43 bits per heavy atom. The lowest BCUT2D eigenvalue weighted by Crippen LogP contribution is -2.15. The normalized spacial score (nSPS) is 16.7. The number of hydrogen-bond donors (Lipinski definition) is 1. The molecule has 0 spiro atoms. The molecule has 14 heavy (non-hydrogen) atoms. The molecule has 0 amide bonds. The van der Waals surface area contributed by atoms with Crippen molar-refractivity contribution in [1.29, 1.82) is 0 Å². The van der Waals surface area contributed by atoms with Gasteiger partial charge in [-0.2, -0.15) is 0 Å². The van der Waals surface area contributed by atoms with E-state index in [1.54, 1.807) is 0 Å². The highest BCUT2D eigenvalue weighted by Crippen LogP contribution is 2.34. The maximum Gasteiger partial charge on any atom is 0.132 e. The average Bonchev–Trinajstić information content (AvgIpc) is 1.99. The average molecular weight is 256 g/mol. The van der Waals surface area contributed by atoms with Crippen LogP contribution in [0.5, 0.6) is 0 Å². The number of rotatable bonds is 3. The fourth-order valence-electron chi connectivity index (χ4n) is 1.61. The molecular weight excluding hydrogens is 242 g/mol. The van der Waals surface area contributed by atoms with Crippen LogP contribution in [0, 0.1) is 0 Å². The van der Waals surface area contributed by atoms with Crippen LogP contribution in [-0.4, -0.2) is 16.5 Å². The highest BCUT2D eigenvalue weighted by molar-refractivity contribution is 9.10. The second kappa shape index (κ2) is 4.36. The molecule has 76 valence electrons. The Kier molecular flexibility index (Phi) is 3.13. The first-order valence-electron chi connectivity index (χ1n) is 5.03. The Bertz CT molecular complexity index is 323. The van der Waals surface area contributed by atoms with Crippen LogP contribution in [0.2, 0.25) is 0 Å². The fraction of sp³-hybridized carbons (Fsp3) is 0.600. The van der Waals surface area contributed by atoms with Crippen molar-refractivity contribution in [3.8, 4) is 0 Å². The van der Waals surface area contributed by atoms with Crippen molar-refractivity contribution in [3.63, 3.8) is 0 Å². The van der Waals surface area contributed by atoms with Crippen molar-refractivity contribution in [2.45, 2.75) is 31.6 Å². The molecule has 1 aromatic heterocycles. The second-order valence-electron chi connectivity index (χ2n) is 3.71. The van der Waals surface area contributed by atoms with E-state index in [4.69, 9.17) is 5.73 Å². The molecular formula is C10H14BrN3. The molecule has 4 heteroatoms. The van der Waals surface area contributed by atoms with Gasteiger partial charge in [0.1, 0.15) is 10.4 Å². The molecule has 2 rings (SSSR count). The molecule has 1 heterocycles. The van der Waals surface area contributed by atoms with Gasteiger partial charge < -0.3 is 5.73 Å². The summed E-state index contributed by atoms with van der Waals surface area (Å²) in [5.74, 6) is 1.58. The Morgan fingerprint density at radius 2 is 2.21 bits per heavy atom. The van der Waals surface area contributed by atoms with Gasteiger partial charge in [-0.3, -0.25) is 0 Å². The lowest BCUT2D eigenvalue weighted by molar-refractivity contribution is 0.399. The van der Waals surface area contributed by atoms with Crippen molar-refractivity contribution in [3.05, 3.63) is 22.2 Å². The molecule has 1 aliphatic carbocycles. The summed E-state index contributed by atoms with van der Waals surface area (Å²) in [4.78, 5) is 8.93. The Hall–Kier alpha value is -0.480. The van der Waals surface area contributed by atoms with Gasteiger partial charge in [0.15, 0.2) is 0 Å². The predicted octanol–water partition coefficient (Wildman–Crippen LogP) is 2.01. The molecule has 0 saturated heterocycles. The van der Waals surface area contributed by atoms with Crippen LogP contribution in [0.15, 0.2) is 10.7 Å². The van der Waals surface area contributed by atoms with Crippen LogP contribution in [0.25, 0.3) is 0 Å². The zero-order valence-corrected chi connectivity index (χ0v) is 9.63. The first kappa shape index (κ1) is 10.1. The summed E-state index contributed by atoms with van der Waals surface area (Å²) in [6.45, 7) is 0.646. The summed E-state index contributed by atoms with van der Waals surface area (Å²) in [7, 11) is 0. The van der Waals surface area contributed by atoms with Gasteiger partial charge in [0.2, 0.25) is 0 Å². The van der Waals surface area contributed by atoms with Crippen LogP contribution in [0.3, 0.4) is 0 Å². The molecule has 0 bridgehead atoms. The third-order valence-electron chi connectivity index (χ3n) is 2.64. The Labute approximate surface area is 92.3 Å². The lowest BCUT2D eigenvalue weighted by Gasteiger charge is -2.24. The molecule has 0 radical (unpaired) electrons. The molecule has 1 saturated carbocycles. The number of nitrogens with zero attached hydrogens (tertiary/aromatic N) is 2. The topological polar surface area (TPSA) is 51.8 Å². The smallest absolute Gasteiger partial charge is 0.132 e. The molecule has 1 aliphatic rings. The quantitative estimate of drug-likeness (QED) is 0.841. The van der Waals surface area contributed by atoms with Crippen LogP contribution in [0.4, 0.5) is 0 Å². The first-order chi connectivity index (χ1) is 6.79. The second-order valence-corrected chi connectivity index (χ2v) is 4.52. The van der Waals surface area contributed by atoms with Gasteiger partial charge in [-0.05, 0) is 41.4 Å². The third-order valence-corrected chi connectivity index (χ3v) is 3.04. The van der Waals surface area contributed by atoms with Crippen LogP contribution < -0.4 is 5.73 Å². The number of hydrogen-bond acceptors (Lipinski definition) is 3. The fourth-order valence-corrected chi connectivity index (χ4v) is 2.05. The lowest BCUT2D eigenvalue weighted by atomic mass is 9.85. The largest absolute Gasteiger partial charge is 0.330 e. The Balaban J connectivity index is 2.21. The van der Waals surface area contributed by atoms with Crippen LogP contribution >= 0.6 is 15.9 Å². The van der Waals surface area contributed by atoms with E-state index in [1.165, 1.54) is 19.3 Å². The van der Waals surface area contributed by atoms with Gasteiger partial charge in [0.05, 0.1) is 0 Å². The number of aromatic nitrogens is 2. The molecule has 1 fully saturated rings. The maximum atomic E-state index is 5.51. The van der Waals surface area contributed by atoms with E-state index in [2.05, 4.69) is 25.9 Å². The predicted molar refractivity (Wildman–Crippen MR) is 59.1 cm³/mol. The number of halogens is 1. The molecule has 1 aromatic rings. The minimum absolute atomic E-state index is 0.587. The SMILES string of the molecule is NCCc1cc(Br)nc(C2CCC2)n1. The molecule has 0 aliphatic heterocycles. The summed E-state index contributed by atoms with van der Waals surface area (Å²) >= 11 is 3.41. The van der Waals surface area contributed by atoms with E-state index in [9.17, 15) is 0 Å². The van der Waals surface area contributed by atoms with Crippen molar-refractivity contribution in [2.24, 2.45) is 5.73 Å². The highest BCUT2D eigenvalue weighted by atomic mass is 79.9. The summed E-state index contributed by atoms with van der Waals surface area (Å²) in [5.41, 5.74) is 6.56. The molecule has 3 nitrogen and oxygen atoms in total. The summed E-state index contributed by atoms with van der Waals surface area (Å²) in [6, 6.07) is 1.95. The molecule has 2 N–H and O–H groups in total. The van der Waals surface area contributed by atoms with Crippen molar-refractivity contribution < 1.29 is 0 Å². The minimum atomic E-state index is 0.587.